The quantitative estimate of drug-likeness (QED) is 0.880. The lowest BCUT2D eigenvalue weighted by atomic mass is 9.95. The van der Waals surface area contributed by atoms with E-state index in [0.29, 0.717) is 16.7 Å². The predicted octanol–water partition coefficient (Wildman–Crippen LogP) is 4.46. The largest absolute Gasteiger partial charge is 0.478 e. The van der Waals surface area contributed by atoms with Crippen LogP contribution >= 0.6 is 11.6 Å². The minimum Gasteiger partial charge on any atom is -0.478 e. The van der Waals surface area contributed by atoms with Gasteiger partial charge < -0.3 is 5.11 Å². The second-order valence-corrected chi connectivity index (χ2v) is 4.83. The maximum Gasteiger partial charge on any atom is 0.336 e. The van der Waals surface area contributed by atoms with Crippen LogP contribution in [0.3, 0.4) is 0 Å². The van der Waals surface area contributed by atoms with E-state index in [9.17, 15) is 9.18 Å². The van der Waals surface area contributed by atoms with Gasteiger partial charge in [-0.15, -0.1) is 0 Å². The Morgan fingerprint density at radius 2 is 1.68 bits per heavy atom. The van der Waals surface area contributed by atoms with Crippen molar-refractivity contribution in [2.75, 3.05) is 0 Å². The zero-order chi connectivity index (χ0) is 14.2. The summed E-state index contributed by atoms with van der Waals surface area (Å²) in [5, 5.41) is 9.17. The van der Waals surface area contributed by atoms with E-state index >= 15 is 0 Å². The molecular weight excluding hydrogens is 267 g/mol. The van der Waals surface area contributed by atoms with E-state index in [1.54, 1.807) is 32.0 Å². The molecule has 0 aliphatic heterocycles. The van der Waals surface area contributed by atoms with Gasteiger partial charge in [-0.2, -0.15) is 0 Å². The van der Waals surface area contributed by atoms with Gasteiger partial charge in [0.15, 0.2) is 0 Å². The summed E-state index contributed by atoms with van der Waals surface area (Å²) in [6.07, 6.45) is 0. The second kappa shape index (κ2) is 5.02. The van der Waals surface area contributed by atoms with Gasteiger partial charge >= 0.3 is 5.97 Å². The summed E-state index contributed by atoms with van der Waals surface area (Å²) in [4.78, 5) is 11.1. The number of carboxylic acids is 1. The van der Waals surface area contributed by atoms with Crippen LogP contribution in [-0.2, 0) is 0 Å². The van der Waals surface area contributed by atoms with Gasteiger partial charge in [0.1, 0.15) is 5.82 Å². The van der Waals surface area contributed by atoms with E-state index in [4.69, 9.17) is 16.7 Å². The van der Waals surface area contributed by atoms with Crippen LogP contribution in [0.15, 0.2) is 30.3 Å². The highest BCUT2D eigenvalue weighted by molar-refractivity contribution is 6.31. The van der Waals surface area contributed by atoms with Crippen LogP contribution in [0.25, 0.3) is 11.1 Å². The standard InChI is InChI=1S/C15H12ClFO2/c1-8-5-11(6-9(2)14(8)15(18)19)10-3-4-13(17)12(16)7-10/h3-7H,1-2H3,(H,18,19). The van der Waals surface area contributed by atoms with E-state index in [1.807, 2.05) is 0 Å². The molecule has 0 radical (unpaired) electrons. The van der Waals surface area contributed by atoms with Crippen LogP contribution in [-0.4, -0.2) is 11.1 Å². The summed E-state index contributed by atoms with van der Waals surface area (Å²) in [5.74, 6) is -1.42. The molecule has 19 heavy (non-hydrogen) atoms. The number of halogens is 2. The first-order valence-corrected chi connectivity index (χ1v) is 6.08. The zero-order valence-corrected chi connectivity index (χ0v) is 11.3. The fourth-order valence-corrected chi connectivity index (χ4v) is 2.32. The fraction of sp³-hybridized carbons (Fsp3) is 0.133. The van der Waals surface area contributed by atoms with E-state index in [-0.39, 0.29) is 5.02 Å². The number of hydrogen-bond donors (Lipinski definition) is 1. The molecule has 2 aromatic rings. The maximum atomic E-state index is 13.1. The average molecular weight is 279 g/mol. The Kier molecular flexibility index (Phi) is 3.58. The third kappa shape index (κ3) is 2.61. The van der Waals surface area contributed by atoms with E-state index in [0.717, 1.165) is 11.1 Å². The maximum absolute atomic E-state index is 13.1. The van der Waals surface area contributed by atoms with E-state index in [2.05, 4.69) is 0 Å². The summed E-state index contributed by atoms with van der Waals surface area (Å²) in [5.41, 5.74) is 3.22. The molecule has 2 rings (SSSR count). The molecule has 1 N–H and O–H groups in total. The Labute approximate surface area is 115 Å². The van der Waals surface area contributed by atoms with Crippen molar-refractivity contribution in [3.05, 3.63) is 57.9 Å². The normalized spacial score (nSPS) is 10.5. The molecule has 0 saturated heterocycles. The number of carboxylic acid groups (broad SMARTS) is 1. The van der Waals surface area contributed by atoms with Crippen LogP contribution < -0.4 is 0 Å². The molecule has 0 spiro atoms. The smallest absolute Gasteiger partial charge is 0.336 e. The lowest BCUT2D eigenvalue weighted by Gasteiger charge is -2.10. The van der Waals surface area contributed by atoms with Crippen LogP contribution in [0.1, 0.15) is 21.5 Å². The Balaban J connectivity index is 2.58. The second-order valence-electron chi connectivity index (χ2n) is 4.42. The van der Waals surface area contributed by atoms with Gasteiger partial charge in [-0.25, -0.2) is 9.18 Å². The minimum atomic E-state index is -0.946. The molecule has 0 unspecified atom stereocenters. The van der Waals surface area contributed by atoms with Crippen molar-refractivity contribution in [1.82, 2.24) is 0 Å². The molecule has 0 heterocycles. The molecule has 0 aliphatic carbocycles. The fourth-order valence-electron chi connectivity index (χ4n) is 2.14. The Morgan fingerprint density at radius 3 is 2.16 bits per heavy atom. The van der Waals surface area contributed by atoms with Gasteiger partial charge in [0, 0.05) is 0 Å². The van der Waals surface area contributed by atoms with Gasteiger partial charge in [0.2, 0.25) is 0 Å². The van der Waals surface area contributed by atoms with E-state index in [1.165, 1.54) is 12.1 Å². The minimum absolute atomic E-state index is 0.0510. The molecule has 0 fully saturated rings. The molecule has 0 aromatic heterocycles. The van der Waals surface area contributed by atoms with E-state index < -0.39 is 11.8 Å². The van der Waals surface area contributed by atoms with Crippen molar-refractivity contribution < 1.29 is 14.3 Å². The Morgan fingerprint density at radius 1 is 1.11 bits per heavy atom. The molecule has 98 valence electrons. The van der Waals surface area contributed by atoms with Crippen molar-refractivity contribution >= 4 is 17.6 Å². The summed E-state index contributed by atoms with van der Waals surface area (Å²) in [7, 11) is 0. The van der Waals surface area contributed by atoms with Crippen LogP contribution in [0.4, 0.5) is 4.39 Å². The van der Waals surface area contributed by atoms with Crippen LogP contribution in [0, 0.1) is 19.7 Å². The topological polar surface area (TPSA) is 37.3 Å². The van der Waals surface area contributed by atoms with Gasteiger partial charge in [0.25, 0.3) is 0 Å². The number of aryl methyl sites for hydroxylation is 2. The number of aromatic carboxylic acids is 1. The van der Waals surface area contributed by atoms with Crippen LogP contribution in [0.2, 0.25) is 5.02 Å². The predicted molar refractivity (Wildman–Crippen MR) is 73.3 cm³/mol. The molecule has 0 amide bonds. The third-order valence-corrected chi connectivity index (χ3v) is 3.29. The molecule has 0 aliphatic rings. The summed E-state index contributed by atoms with van der Waals surface area (Å²) >= 11 is 5.76. The number of hydrogen-bond acceptors (Lipinski definition) is 1. The highest BCUT2D eigenvalue weighted by Crippen LogP contribution is 2.28. The van der Waals surface area contributed by atoms with Crippen molar-refractivity contribution in [2.45, 2.75) is 13.8 Å². The highest BCUT2D eigenvalue weighted by atomic mass is 35.5. The number of rotatable bonds is 2. The number of benzene rings is 2. The molecule has 2 aromatic carbocycles. The van der Waals surface area contributed by atoms with Gasteiger partial charge in [-0.05, 0) is 48.2 Å². The molecule has 0 bridgehead atoms. The Hall–Kier alpha value is -1.87. The molecule has 0 saturated carbocycles. The lowest BCUT2D eigenvalue weighted by molar-refractivity contribution is 0.0695. The molecule has 4 heteroatoms. The molecule has 2 nitrogen and oxygen atoms in total. The van der Waals surface area contributed by atoms with Crippen molar-refractivity contribution in [1.29, 1.82) is 0 Å². The number of carbonyl (C=O) groups is 1. The van der Waals surface area contributed by atoms with Crippen molar-refractivity contribution in [3.8, 4) is 11.1 Å². The first kappa shape index (κ1) is 13.6. The summed E-state index contributed by atoms with van der Waals surface area (Å²) in [6.45, 7) is 3.48. The Bertz CT molecular complexity index is 642. The summed E-state index contributed by atoms with van der Waals surface area (Å²) < 4.78 is 13.1. The highest BCUT2D eigenvalue weighted by Gasteiger charge is 2.13. The monoisotopic (exact) mass is 278 g/mol. The SMILES string of the molecule is Cc1cc(-c2ccc(F)c(Cl)c2)cc(C)c1C(=O)O. The molecule has 0 atom stereocenters. The summed E-state index contributed by atoms with van der Waals surface area (Å²) in [6, 6.07) is 7.98. The van der Waals surface area contributed by atoms with Gasteiger partial charge in [-0.3, -0.25) is 0 Å². The first-order valence-electron chi connectivity index (χ1n) is 5.70. The zero-order valence-electron chi connectivity index (χ0n) is 10.5. The van der Waals surface area contributed by atoms with Crippen molar-refractivity contribution in [3.63, 3.8) is 0 Å². The molecular formula is C15H12ClFO2. The van der Waals surface area contributed by atoms with Crippen LogP contribution in [0.5, 0.6) is 0 Å². The first-order chi connectivity index (χ1) is 8.90. The average Bonchev–Trinajstić information content (AvgIpc) is 2.31. The van der Waals surface area contributed by atoms with Gasteiger partial charge in [-0.1, -0.05) is 29.8 Å². The third-order valence-electron chi connectivity index (χ3n) is 3.00. The van der Waals surface area contributed by atoms with Gasteiger partial charge in [0.05, 0.1) is 10.6 Å². The lowest BCUT2D eigenvalue weighted by Crippen LogP contribution is -2.03. The van der Waals surface area contributed by atoms with Crippen molar-refractivity contribution in [2.24, 2.45) is 0 Å².